The molecule has 0 saturated carbocycles. The first-order valence-electron chi connectivity index (χ1n) is 11.4. The molecule has 1 aliphatic heterocycles. The van der Waals surface area contributed by atoms with Crippen LogP contribution in [0.4, 0.5) is 30.7 Å². The summed E-state index contributed by atoms with van der Waals surface area (Å²) in [7, 11) is 0. The number of imidazole rings is 1. The number of hydrogen-bond acceptors (Lipinski definition) is 6. The van der Waals surface area contributed by atoms with Gasteiger partial charge in [-0.1, -0.05) is 23.4 Å². The quantitative estimate of drug-likeness (QED) is 0.312. The summed E-state index contributed by atoms with van der Waals surface area (Å²) in [5, 5.41) is 8.94. The number of fused-ring (bicyclic) bond motifs is 1. The average Bonchev–Trinajstić information content (AvgIpc) is 3.54. The van der Waals surface area contributed by atoms with Crippen LogP contribution in [0.25, 0.3) is 22.6 Å². The monoisotopic (exact) mass is 566 g/mol. The molecule has 2 aromatic heterocycles. The minimum atomic E-state index is -5.16. The second-order valence-electron chi connectivity index (χ2n) is 9.00. The van der Waals surface area contributed by atoms with Gasteiger partial charge in [0.05, 0.1) is 35.1 Å². The van der Waals surface area contributed by atoms with Crippen molar-refractivity contribution in [3.05, 3.63) is 82.6 Å². The number of carbonyl (C=O) groups is 1. The summed E-state index contributed by atoms with van der Waals surface area (Å²) in [6, 6.07) is 7.94. The first-order valence-corrected chi connectivity index (χ1v) is 11.4. The van der Waals surface area contributed by atoms with E-state index in [1.807, 2.05) is 0 Å². The van der Waals surface area contributed by atoms with Crippen LogP contribution in [0, 0.1) is 5.82 Å². The van der Waals surface area contributed by atoms with Gasteiger partial charge in [0.15, 0.2) is 11.3 Å². The van der Waals surface area contributed by atoms with Crippen molar-refractivity contribution in [2.75, 3.05) is 0 Å². The lowest BCUT2D eigenvalue weighted by atomic mass is 9.94. The molecule has 40 heavy (non-hydrogen) atoms. The maximum Gasteiger partial charge on any atom is 0.417 e. The van der Waals surface area contributed by atoms with Crippen LogP contribution in [0.2, 0.25) is 0 Å². The maximum absolute atomic E-state index is 14.2. The van der Waals surface area contributed by atoms with Crippen molar-refractivity contribution in [3.8, 4) is 22.6 Å². The number of aromatic amines is 1. The topological polar surface area (TPSA) is 113 Å². The number of halogens is 7. The molecule has 4 aromatic rings. The normalized spacial score (nSPS) is 15.2. The molecule has 3 heterocycles. The zero-order valence-electron chi connectivity index (χ0n) is 20.2. The Labute approximate surface area is 220 Å². The van der Waals surface area contributed by atoms with Gasteiger partial charge in [-0.3, -0.25) is 9.80 Å². The molecule has 208 valence electrons. The van der Waals surface area contributed by atoms with E-state index in [2.05, 4.69) is 20.2 Å². The highest BCUT2D eigenvalue weighted by Crippen LogP contribution is 2.42. The Hall–Kier alpha value is -4.69. The summed E-state index contributed by atoms with van der Waals surface area (Å²) < 4.78 is 99.7. The van der Waals surface area contributed by atoms with Crippen molar-refractivity contribution < 1.29 is 40.1 Å². The van der Waals surface area contributed by atoms with E-state index in [0.717, 1.165) is 6.07 Å². The number of rotatable bonds is 5. The summed E-state index contributed by atoms with van der Waals surface area (Å²) in [5.74, 6) is -1.67. The number of amides is 1. The Morgan fingerprint density at radius 1 is 1.02 bits per heavy atom. The molecule has 0 fully saturated rings. The Balaban J connectivity index is 1.51. The van der Waals surface area contributed by atoms with Gasteiger partial charge in [0.1, 0.15) is 23.0 Å². The fourth-order valence-electron chi connectivity index (χ4n) is 4.21. The minimum absolute atomic E-state index is 0.0289. The summed E-state index contributed by atoms with van der Waals surface area (Å²) in [4.78, 5) is 19.9. The van der Waals surface area contributed by atoms with E-state index >= 15 is 0 Å². The predicted molar refractivity (Wildman–Crippen MR) is 126 cm³/mol. The van der Waals surface area contributed by atoms with E-state index < -0.39 is 52.0 Å². The van der Waals surface area contributed by atoms with Crippen LogP contribution in [0.5, 0.6) is 0 Å². The fourth-order valence-corrected chi connectivity index (χ4v) is 4.21. The van der Waals surface area contributed by atoms with Gasteiger partial charge in [-0.15, -0.1) is 0 Å². The lowest BCUT2D eigenvalue weighted by molar-refractivity contribution is -0.142. The maximum atomic E-state index is 14.2. The number of benzene rings is 2. The predicted octanol–water partition coefficient (Wildman–Crippen LogP) is 5.46. The van der Waals surface area contributed by atoms with E-state index in [4.69, 9.17) is 10.3 Å². The first kappa shape index (κ1) is 26.9. The van der Waals surface area contributed by atoms with Gasteiger partial charge < -0.3 is 15.2 Å². The number of H-pyrrole nitrogens is 1. The van der Waals surface area contributed by atoms with Crippen molar-refractivity contribution in [1.82, 2.24) is 20.1 Å². The van der Waals surface area contributed by atoms with Crippen LogP contribution >= 0.6 is 0 Å². The number of aromatic nitrogens is 3. The molecule has 0 aliphatic carbocycles. The van der Waals surface area contributed by atoms with E-state index in [0.29, 0.717) is 23.5 Å². The van der Waals surface area contributed by atoms with Crippen LogP contribution in [-0.4, -0.2) is 32.3 Å². The van der Waals surface area contributed by atoms with Crippen LogP contribution in [0.1, 0.15) is 35.2 Å². The molecule has 8 nitrogen and oxygen atoms in total. The van der Waals surface area contributed by atoms with Gasteiger partial charge in [-0.25, -0.2) is 9.37 Å². The SMILES string of the molecule is CC(C(N)=O)(c1cc(-c2ccc(C(F)(F)F)cc2C(F)(F)F)no1)N1Cc2[nH]c(-c3ccccc3F)nc2C=N1. The number of alkyl halides is 6. The number of nitrogens with two attached hydrogens (primary N) is 1. The fraction of sp³-hybridized carbons (Fsp3) is 0.200. The molecule has 15 heteroatoms. The summed E-state index contributed by atoms with van der Waals surface area (Å²) in [5.41, 5.74) is 0.433. The van der Waals surface area contributed by atoms with Crippen LogP contribution in [0.15, 0.2) is 58.2 Å². The smallest absolute Gasteiger partial charge is 0.367 e. The van der Waals surface area contributed by atoms with Crippen molar-refractivity contribution in [2.45, 2.75) is 31.4 Å². The summed E-state index contributed by atoms with van der Waals surface area (Å²) in [6.07, 6.45) is -8.90. The van der Waals surface area contributed by atoms with Crippen molar-refractivity contribution in [3.63, 3.8) is 0 Å². The zero-order chi connectivity index (χ0) is 29.0. The van der Waals surface area contributed by atoms with Gasteiger partial charge in [-0.2, -0.15) is 31.4 Å². The van der Waals surface area contributed by atoms with E-state index in [9.17, 15) is 35.5 Å². The lowest BCUT2D eigenvalue weighted by Crippen LogP contribution is -2.51. The molecule has 2 aromatic carbocycles. The highest BCUT2D eigenvalue weighted by molar-refractivity contribution is 5.87. The van der Waals surface area contributed by atoms with Gasteiger partial charge in [0, 0.05) is 11.6 Å². The Morgan fingerprint density at radius 3 is 2.40 bits per heavy atom. The van der Waals surface area contributed by atoms with E-state index in [1.165, 1.54) is 36.3 Å². The minimum Gasteiger partial charge on any atom is -0.367 e. The molecule has 1 atom stereocenters. The Morgan fingerprint density at radius 2 is 1.75 bits per heavy atom. The number of nitrogens with zero attached hydrogens (tertiary/aromatic N) is 4. The molecule has 0 bridgehead atoms. The Kier molecular flexibility index (Phi) is 6.19. The number of nitrogens with one attached hydrogen (secondary N) is 1. The number of hydrogen-bond donors (Lipinski definition) is 2. The van der Waals surface area contributed by atoms with Gasteiger partial charge in [-0.05, 0) is 31.2 Å². The largest absolute Gasteiger partial charge is 0.417 e. The lowest BCUT2D eigenvalue weighted by Gasteiger charge is -2.35. The van der Waals surface area contributed by atoms with Crippen molar-refractivity contribution in [2.24, 2.45) is 10.8 Å². The van der Waals surface area contributed by atoms with E-state index in [1.54, 1.807) is 6.07 Å². The molecule has 0 saturated heterocycles. The molecular weight excluding hydrogens is 549 g/mol. The van der Waals surface area contributed by atoms with Crippen molar-refractivity contribution in [1.29, 1.82) is 0 Å². The number of hydrazone groups is 1. The number of primary amides is 1. The molecule has 0 radical (unpaired) electrons. The third-order valence-electron chi connectivity index (χ3n) is 6.48. The standard InChI is InChI=1S/C25H17F7N6O2/c1-23(22(33)39,38-11-19-18(10-34-38)35-21(36-19)14-4-2-3-5-16(14)26)20-9-17(37-40-20)13-7-6-12(24(27,28)29)8-15(13)25(30,31)32/h2-10H,11H2,1H3,(H2,33,39)(H,35,36). The van der Waals surface area contributed by atoms with Gasteiger partial charge >= 0.3 is 12.4 Å². The third-order valence-corrected chi connectivity index (χ3v) is 6.48. The second kappa shape index (κ2) is 9.20. The molecule has 0 spiro atoms. The molecule has 1 aliphatic rings. The molecule has 5 rings (SSSR count). The highest BCUT2D eigenvalue weighted by Gasteiger charge is 2.46. The second-order valence-corrected chi connectivity index (χ2v) is 9.00. The average molecular weight is 566 g/mol. The van der Waals surface area contributed by atoms with Crippen molar-refractivity contribution >= 4 is 12.1 Å². The molecular formula is C25H17F7N6O2. The Bertz CT molecular complexity index is 1640. The molecule has 1 unspecified atom stereocenters. The zero-order valence-corrected chi connectivity index (χ0v) is 20.2. The third kappa shape index (κ3) is 4.56. The van der Waals surface area contributed by atoms with E-state index in [-0.39, 0.29) is 29.8 Å². The summed E-state index contributed by atoms with van der Waals surface area (Å²) in [6.45, 7) is 1.16. The van der Waals surface area contributed by atoms with Crippen LogP contribution in [0.3, 0.4) is 0 Å². The molecule has 1 amide bonds. The van der Waals surface area contributed by atoms with Crippen LogP contribution in [-0.2, 0) is 29.2 Å². The highest BCUT2D eigenvalue weighted by atomic mass is 19.4. The first-order chi connectivity index (χ1) is 18.7. The number of carbonyl (C=O) groups excluding carboxylic acids is 1. The summed E-state index contributed by atoms with van der Waals surface area (Å²) >= 11 is 0. The van der Waals surface area contributed by atoms with Gasteiger partial charge in [0.25, 0.3) is 5.91 Å². The van der Waals surface area contributed by atoms with Gasteiger partial charge in [0.2, 0.25) is 0 Å². The molecule has 3 N–H and O–H groups in total. The van der Waals surface area contributed by atoms with Crippen LogP contribution < -0.4 is 5.73 Å².